The zero-order chi connectivity index (χ0) is 16.0. The van der Waals surface area contributed by atoms with E-state index in [1.807, 2.05) is 12.1 Å². The molecule has 2 heterocycles. The first-order chi connectivity index (χ1) is 11.1. The van der Waals surface area contributed by atoms with Crippen molar-refractivity contribution in [1.82, 2.24) is 4.90 Å². The summed E-state index contributed by atoms with van der Waals surface area (Å²) < 4.78 is 1.08. The van der Waals surface area contributed by atoms with Crippen molar-refractivity contribution in [2.45, 2.75) is 18.4 Å². The van der Waals surface area contributed by atoms with Gasteiger partial charge in [-0.2, -0.15) is 0 Å². The fourth-order valence-corrected chi connectivity index (χ4v) is 5.56. The van der Waals surface area contributed by atoms with Crippen molar-refractivity contribution >= 4 is 39.4 Å². The third-order valence-corrected chi connectivity index (χ3v) is 6.84. The third-order valence-electron chi connectivity index (χ3n) is 5.24. The lowest BCUT2D eigenvalue weighted by Gasteiger charge is -2.41. The van der Waals surface area contributed by atoms with E-state index < -0.39 is 5.60 Å². The number of hydrogen-bond donors (Lipinski definition) is 1. The van der Waals surface area contributed by atoms with Crippen LogP contribution >= 0.6 is 27.3 Å². The monoisotopic (exact) mass is 389 g/mol. The van der Waals surface area contributed by atoms with Crippen LogP contribution in [0.3, 0.4) is 0 Å². The smallest absolute Gasteiger partial charge is 0.119 e. The summed E-state index contributed by atoms with van der Waals surface area (Å²) in [6, 6.07) is 10.4. The molecule has 120 valence electrons. The molecule has 1 aliphatic heterocycles. The highest BCUT2D eigenvalue weighted by Gasteiger charge is 2.44. The van der Waals surface area contributed by atoms with E-state index in [0.717, 1.165) is 51.3 Å². The number of benzene rings is 1. The molecule has 23 heavy (non-hydrogen) atoms. The number of piperidine rings is 1. The lowest BCUT2D eigenvalue weighted by molar-refractivity contribution is -0.0107. The van der Waals surface area contributed by atoms with Crippen LogP contribution in [-0.2, 0) is 5.60 Å². The summed E-state index contributed by atoms with van der Waals surface area (Å²) in [7, 11) is 2.16. The van der Waals surface area contributed by atoms with E-state index in [9.17, 15) is 5.11 Å². The molecule has 1 saturated heterocycles. The molecular weight excluding hydrogens is 370 g/mol. The van der Waals surface area contributed by atoms with E-state index in [1.54, 1.807) is 11.3 Å². The fourth-order valence-electron chi connectivity index (χ4n) is 3.96. The molecular formula is C19H20BrNOS. The van der Waals surface area contributed by atoms with Gasteiger partial charge in [-0.05, 0) is 78.1 Å². The second-order valence-electron chi connectivity index (χ2n) is 6.59. The topological polar surface area (TPSA) is 23.5 Å². The molecule has 4 rings (SSSR count). The van der Waals surface area contributed by atoms with Gasteiger partial charge < -0.3 is 10.0 Å². The van der Waals surface area contributed by atoms with Crippen molar-refractivity contribution in [2.24, 2.45) is 5.92 Å². The lowest BCUT2D eigenvalue weighted by atomic mass is 9.71. The summed E-state index contributed by atoms with van der Waals surface area (Å²) in [6.45, 7) is 2.09. The Morgan fingerprint density at radius 1 is 1.17 bits per heavy atom. The summed E-state index contributed by atoms with van der Waals surface area (Å²) >= 11 is 5.31. The van der Waals surface area contributed by atoms with Crippen molar-refractivity contribution in [2.75, 3.05) is 20.1 Å². The van der Waals surface area contributed by atoms with Crippen LogP contribution in [0.1, 0.15) is 34.4 Å². The summed E-state index contributed by atoms with van der Waals surface area (Å²) in [5, 5.41) is 12.0. The van der Waals surface area contributed by atoms with Crippen LogP contribution in [0.15, 0.2) is 34.1 Å². The van der Waals surface area contributed by atoms with Crippen LogP contribution in [-0.4, -0.2) is 30.1 Å². The summed E-state index contributed by atoms with van der Waals surface area (Å²) in [4.78, 5) is 3.51. The van der Waals surface area contributed by atoms with Gasteiger partial charge in [-0.1, -0.05) is 30.3 Å². The minimum Gasteiger partial charge on any atom is -0.380 e. The Balaban J connectivity index is 1.91. The largest absolute Gasteiger partial charge is 0.380 e. The van der Waals surface area contributed by atoms with E-state index in [0.29, 0.717) is 0 Å². The van der Waals surface area contributed by atoms with Gasteiger partial charge in [0.1, 0.15) is 5.60 Å². The zero-order valence-electron chi connectivity index (χ0n) is 13.1. The van der Waals surface area contributed by atoms with Crippen LogP contribution in [0, 0.1) is 5.92 Å². The highest BCUT2D eigenvalue weighted by atomic mass is 79.9. The molecule has 1 N–H and O–H groups in total. The summed E-state index contributed by atoms with van der Waals surface area (Å²) in [5.41, 5.74) is 2.34. The van der Waals surface area contributed by atoms with Gasteiger partial charge in [-0.15, -0.1) is 11.3 Å². The lowest BCUT2D eigenvalue weighted by Crippen LogP contribution is -2.43. The SMILES string of the molecule is CN1CCC(C2(O)c3ccccc3C=Cc3sc(Br)cc32)CC1. The standard InChI is InChI=1S/C19H20BrNOS/c1-21-10-8-14(9-11-21)19(22)15-5-3-2-4-13(15)6-7-17-16(19)12-18(20)23-17/h2-7,12,14,22H,8-11H2,1H3. The second-order valence-corrected chi connectivity index (χ2v) is 9.06. The molecule has 1 aromatic carbocycles. The molecule has 1 atom stereocenters. The number of hydrogen-bond acceptors (Lipinski definition) is 3. The predicted molar refractivity (Wildman–Crippen MR) is 101 cm³/mol. The maximum Gasteiger partial charge on any atom is 0.119 e. The Labute approximate surface area is 149 Å². The number of likely N-dealkylation sites (tertiary alicyclic amines) is 1. The quantitative estimate of drug-likeness (QED) is 0.771. The molecule has 0 spiro atoms. The maximum atomic E-state index is 12.0. The van der Waals surface area contributed by atoms with Crippen molar-refractivity contribution < 1.29 is 5.11 Å². The Morgan fingerprint density at radius 3 is 2.70 bits per heavy atom. The molecule has 2 aliphatic rings. The summed E-state index contributed by atoms with van der Waals surface area (Å²) in [5.74, 6) is 0.250. The fraction of sp³-hybridized carbons (Fsp3) is 0.368. The van der Waals surface area contributed by atoms with Gasteiger partial charge in [0, 0.05) is 10.4 Å². The van der Waals surface area contributed by atoms with Gasteiger partial charge in [0.2, 0.25) is 0 Å². The molecule has 4 heteroatoms. The maximum absolute atomic E-state index is 12.0. The van der Waals surface area contributed by atoms with Gasteiger partial charge >= 0.3 is 0 Å². The van der Waals surface area contributed by atoms with Gasteiger partial charge in [0.05, 0.1) is 3.79 Å². The van der Waals surface area contributed by atoms with E-state index >= 15 is 0 Å². The Kier molecular flexibility index (Phi) is 3.96. The van der Waals surface area contributed by atoms with Crippen molar-refractivity contribution in [3.8, 4) is 0 Å². The Morgan fingerprint density at radius 2 is 1.91 bits per heavy atom. The summed E-state index contributed by atoms with van der Waals surface area (Å²) in [6.07, 6.45) is 6.34. The minimum absolute atomic E-state index is 0.250. The molecule has 0 bridgehead atoms. The molecule has 1 aromatic heterocycles. The van der Waals surface area contributed by atoms with Crippen LogP contribution in [0.2, 0.25) is 0 Å². The average Bonchev–Trinajstić information content (AvgIpc) is 2.89. The molecule has 2 nitrogen and oxygen atoms in total. The minimum atomic E-state index is -0.904. The third kappa shape index (κ3) is 2.52. The Hall–Kier alpha value is -0.940. The molecule has 1 fully saturated rings. The second kappa shape index (κ2) is 5.85. The molecule has 0 amide bonds. The average molecular weight is 390 g/mol. The van der Waals surface area contributed by atoms with Gasteiger partial charge in [-0.3, -0.25) is 0 Å². The number of fused-ring (bicyclic) bond motifs is 2. The number of rotatable bonds is 1. The van der Waals surface area contributed by atoms with E-state index in [1.165, 1.54) is 0 Å². The normalized spacial score (nSPS) is 25.0. The van der Waals surface area contributed by atoms with Crippen molar-refractivity contribution in [1.29, 1.82) is 0 Å². The van der Waals surface area contributed by atoms with Crippen LogP contribution < -0.4 is 0 Å². The van der Waals surface area contributed by atoms with Crippen LogP contribution in [0.4, 0.5) is 0 Å². The van der Waals surface area contributed by atoms with Gasteiger partial charge in [-0.25, -0.2) is 0 Å². The molecule has 1 unspecified atom stereocenters. The first-order valence-corrected chi connectivity index (χ1v) is 9.68. The van der Waals surface area contributed by atoms with E-state index in [-0.39, 0.29) is 5.92 Å². The van der Waals surface area contributed by atoms with Crippen LogP contribution in [0.5, 0.6) is 0 Å². The number of thiophene rings is 1. The van der Waals surface area contributed by atoms with Gasteiger partial charge in [0.25, 0.3) is 0 Å². The number of nitrogens with zero attached hydrogens (tertiary/aromatic N) is 1. The Bertz CT molecular complexity index is 760. The highest BCUT2D eigenvalue weighted by Crippen LogP contribution is 2.49. The highest BCUT2D eigenvalue weighted by molar-refractivity contribution is 9.11. The van der Waals surface area contributed by atoms with E-state index in [2.05, 4.69) is 58.2 Å². The van der Waals surface area contributed by atoms with Crippen molar-refractivity contribution in [3.63, 3.8) is 0 Å². The van der Waals surface area contributed by atoms with Crippen molar-refractivity contribution in [3.05, 3.63) is 55.7 Å². The van der Waals surface area contributed by atoms with E-state index in [4.69, 9.17) is 0 Å². The van der Waals surface area contributed by atoms with Gasteiger partial charge in [0.15, 0.2) is 0 Å². The predicted octanol–water partition coefficient (Wildman–Crippen LogP) is 4.57. The van der Waals surface area contributed by atoms with Crippen LogP contribution in [0.25, 0.3) is 12.2 Å². The molecule has 1 aliphatic carbocycles. The zero-order valence-corrected chi connectivity index (χ0v) is 15.5. The first kappa shape index (κ1) is 15.6. The number of halogens is 1. The molecule has 0 radical (unpaired) electrons. The number of aliphatic hydroxyl groups is 1. The molecule has 2 aromatic rings. The molecule has 0 saturated carbocycles. The first-order valence-electron chi connectivity index (χ1n) is 8.07.